The summed E-state index contributed by atoms with van der Waals surface area (Å²) < 4.78 is 93.9. The fourth-order valence-corrected chi connectivity index (χ4v) is 7.74. The van der Waals surface area contributed by atoms with Gasteiger partial charge in [-0.15, -0.1) is 11.8 Å². The largest absolute Gasteiger partial charge is 0.435 e. The normalized spacial score (nSPS) is 22.8. The van der Waals surface area contributed by atoms with Crippen molar-refractivity contribution < 1.29 is 35.5 Å². The summed E-state index contributed by atoms with van der Waals surface area (Å²) in [6.07, 6.45) is -4.13. The first-order chi connectivity index (χ1) is 18.3. The number of carbonyl (C=O) groups is 1. The first-order valence-corrected chi connectivity index (χ1v) is 14.2. The molecule has 2 aromatic carbocycles. The van der Waals surface area contributed by atoms with Crippen LogP contribution in [-0.2, 0) is 28.1 Å². The van der Waals surface area contributed by atoms with Gasteiger partial charge in [-0.3, -0.25) is 4.79 Å². The molecule has 212 valence electrons. The Kier molecular flexibility index (Phi) is 7.48. The maximum absolute atomic E-state index is 14.7. The van der Waals surface area contributed by atoms with Gasteiger partial charge in [-0.25, -0.2) is 4.39 Å². The molecule has 1 atom stereocenters. The molecule has 3 aliphatic rings. The zero-order valence-corrected chi connectivity index (χ0v) is 22.1. The molecule has 0 bridgehead atoms. The fourth-order valence-electron chi connectivity index (χ4n) is 6.28. The lowest BCUT2D eigenvalue weighted by Crippen LogP contribution is -2.50. The van der Waals surface area contributed by atoms with Gasteiger partial charge in [-0.2, -0.15) is 26.3 Å². The smallest absolute Gasteiger partial charge is 0.341 e. The molecule has 1 heterocycles. The van der Waals surface area contributed by atoms with E-state index >= 15 is 0 Å². The van der Waals surface area contributed by atoms with Crippen LogP contribution in [0.25, 0.3) is 0 Å². The van der Waals surface area contributed by atoms with Crippen LogP contribution in [0.4, 0.5) is 30.7 Å². The summed E-state index contributed by atoms with van der Waals surface area (Å²) in [7, 11) is 0. The summed E-state index contributed by atoms with van der Waals surface area (Å²) in [4.78, 5) is 16.1. The van der Waals surface area contributed by atoms with E-state index in [1.165, 1.54) is 22.9 Å². The van der Waals surface area contributed by atoms with Crippen molar-refractivity contribution in [1.82, 2.24) is 4.90 Å². The Morgan fingerprint density at radius 2 is 1.46 bits per heavy atom. The maximum Gasteiger partial charge on any atom is 0.435 e. The first kappa shape index (κ1) is 28.3. The third-order valence-electron chi connectivity index (χ3n) is 8.47. The fraction of sp³-hybridized carbons (Fsp3) is 0.552. The van der Waals surface area contributed by atoms with Crippen molar-refractivity contribution in [3.63, 3.8) is 0 Å². The van der Waals surface area contributed by atoms with Crippen LogP contribution < -0.4 is 0 Å². The Labute approximate surface area is 227 Å². The highest BCUT2D eigenvalue weighted by Gasteiger charge is 2.73. The molecule has 2 aromatic rings. The van der Waals surface area contributed by atoms with Gasteiger partial charge in [0.2, 0.25) is 5.91 Å². The molecule has 0 aromatic heterocycles. The molecule has 1 unspecified atom stereocenters. The standard InChI is InChI=1S/C29H30F7NOS/c30-27(28(31,32)33,29(34,35)36)23-12-10-22(11-13-23)26(39-24-14-9-19-7-4-8-21(19)17-24)15-16-37(18-26)25(38)20-5-2-1-3-6-20/h9-14,17,20H,1-8,15-16,18H2. The van der Waals surface area contributed by atoms with Gasteiger partial charge in [0.25, 0.3) is 0 Å². The van der Waals surface area contributed by atoms with Crippen molar-refractivity contribution in [2.45, 2.75) is 85.5 Å². The topological polar surface area (TPSA) is 20.3 Å². The van der Waals surface area contributed by atoms with Crippen molar-refractivity contribution in [3.05, 3.63) is 64.7 Å². The van der Waals surface area contributed by atoms with Gasteiger partial charge in [-0.05, 0) is 67.3 Å². The summed E-state index contributed by atoms with van der Waals surface area (Å²) in [5.74, 6) is -0.00712. The third kappa shape index (κ3) is 5.18. The summed E-state index contributed by atoms with van der Waals surface area (Å²) >= 11 is 1.48. The van der Waals surface area contributed by atoms with Crippen molar-refractivity contribution >= 4 is 17.7 Å². The molecule has 1 amide bonds. The lowest BCUT2D eigenvalue weighted by atomic mass is 9.88. The molecule has 0 radical (unpaired) electrons. The molecule has 39 heavy (non-hydrogen) atoms. The Hall–Kier alpha value is -2.23. The molecule has 0 N–H and O–H groups in total. The second kappa shape index (κ2) is 10.3. The van der Waals surface area contributed by atoms with Gasteiger partial charge in [0.15, 0.2) is 0 Å². The minimum Gasteiger partial charge on any atom is -0.341 e. The zero-order chi connectivity index (χ0) is 28.1. The van der Waals surface area contributed by atoms with Gasteiger partial charge in [0.05, 0.1) is 4.75 Å². The van der Waals surface area contributed by atoms with Crippen molar-refractivity contribution in [1.29, 1.82) is 0 Å². The zero-order valence-electron chi connectivity index (χ0n) is 21.3. The van der Waals surface area contributed by atoms with E-state index in [9.17, 15) is 35.5 Å². The molecule has 10 heteroatoms. The highest BCUT2D eigenvalue weighted by atomic mass is 32.2. The second-order valence-corrected chi connectivity index (χ2v) is 12.4. The minimum atomic E-state index is -6.17. The number of nitrogens with zero attached hydrogens (tertiary/aromatic N) is 1. The number of benzene rings is 2. The van der Waals surface area contributed by atoms with Crippen LogP contribution >= 0.6 is 11.8 Å². The van der Waals surface area contributed by atoms with E-state index in [2.05, 4.69) is 12.1 Å². The maximum atomic E-state index is 14.7. The van der Waals surface area contributed by atoms with Crippen LogP contribution in [0.1, 0.15) is 67.2 Å². The Morgan fingerprint density at radius 3 is 2.10 bits per heavy atom. The number of hydrogen-bond acceptors (Lipinski definition) is 2. The molecule has 1 saturated heterocycles. The summed E-state index contributed by atoms with van der Waals surface area (Å²) in [5, 5.41) is 0. The Morgan fingerprint density at radius 1 is 0.821 bits per heavy atom. The summed E-state index contributed by atoms with van der Waals surface area (Å²) in [6, 6.07) is 9.64. The van der Waals surface area contributed by atoms with Gasteiger partial charge in [-0.1, -0.05) is 49.6 Å². The number of likely N-dealkylation sites (tertiary alicyclic amines) is 1. The molecular formula is C29H30F7NOS. The van der Waals surface area contributed by atoms with Crippen LogP contribution in [0.15, 0.2) is 47.4 Å². The van der Waals surface area contributed by atoms with Crippen molar-refractivity contribution in [2.24, 2.45) is 5.92 Å². The average molecular weight is 574 g/mol. The molecule has 2 fully saturated rings. The van der Waals surface area contributed by atoms with Crippen molar-refractivity contribution in [2.75, 3.05) is 13.1 Å². The Bertz CT molecular complexity index is 1190. The van der Waals surface area contributed by atoms with E-state index in [1.54, 1.807) is 4.90 Å². The van der Waals surface area contributed by atoms with Crippen molar-refractivity contribution in [3.8, 4) is 0 Å². The number of hydrogen-bond donors (Lipinski definition) is 0. The number of fused-ring (bicyclic) bond motifs is 1. The molecule has 0 spiro atoms. The Balaban J connectivity index is 1.49. The average Bonchev–Trinajstić information content (AvgIpc) is 3.55. The monoisotopic (exact) mass is 573 g/mol. The van der Waals surface area contributed by atoms with Gasteiger partial charge >= 0.3 is 18.0 Å². The van der Waals surface area contributed by atoms with Crippen LogP contribution in [0, 0.1) is 5.92 Å². The quantitative estimate of drug-likeness (QED) is 0.336. The van der Waals surface area contributed by atoms with Crippen LogP contribution in [-0.4, -0.2) is 36.2 Å². The van der Waals surface area contributed by atoms with E-state index in [0.717, 1.165) is 68.4 Å². The second-order valence-electron chi connectivity index (χ2n) is 11.0. The number of rotatable bonds is 5. The predicted molar refractivity (Wildman–Crippen MR) is 135 cm³/mol. The number of amides is 1. The van der Waals surface area contributed by atoms with Gasteiger partial charge in [0.1, 0.15) is 0 Å². The summed E-state index contributed by atoms with van der Waals surface area (Å²) in [5.41, 5.74) is -4.00. The number of carbonyl (C=O) groups excluding carboxylic acids is 1. The van der Waals surface area contributed by atoms with E-state index < -0.39 is 28.3 Å². The number of aryl methyl sites for hydroxylation is 2. The van der Waals surface area contributed by atoms with E-state index in [0.29, 0.717) is 30.7 Å². The number of thioether (sulfide) groups is 1. The van der Waals surface area contributed by atoms with E-state index in [4.69, 9.17) is 0 Å². The minimum absolute atomic E-state index is 0.0552. The molecular weight excluding hydrogens is 543 g/mol. The van der Waals surface area contributed by atoms with Crippen LogP contribution in [0.2, 0.25) is 0 Å². The SMILES string of the molecule is O=C(C1CCCCC1)N1CCC(Sc2ccc3c(c2)CCC3)(c2ccc(C(F)(C(F)(F)F)C(F)(F)F)cc2)C1. The van der Waals surface area contributed by atoms with Crippen LogP contribution in [0.5, 0.6) is 0 Å². The highest BCUT2D eigenvalue weighted by molar-refractivity contribution is 8.00. The van der Waals surface area contributed by atoms with Gasteiger partial charge in [0, 0.05) is 29.5 Å². The number of halogens is 7. The molecule has 1 aliphatic heterocycles. The van der Waals surface area contributed by atoms with Gasteiger partial charge < -0.3 is 4.90 Å². The lowest BCUT2D eigenvalue weighted by Gasteiger charge is -2.33. The summed E-state index contributed by atoms with van der Waals surface area (Å²) in [6.45, 7) is 0.718. The number of alkyl halides is 7. The van der Waals surface area contributed by atoms with Crippen LogP contribution in [0.3, 0.4) is 0 Å². The van der Waals surface area contributed by atoms with E-state index in [1.807, 2.05) is 6.07 Å². The third-order valence-corrected chi connectivity index (χ3v) is 9.92. The highest BCUT2D eigenvalue weighted by Crippen LogP contribution is 2.54. The first-order valence-electron chi connectivity index (χ1n) is 13.4. The molecule has 2 nitrogen and oxygen atoms in total. The lowest BCUT2D eigenvalue weighted by molar-refractivity contribution is -0.348. The van der Waals surface area contributed by atoms with E-state index in [-0.39, 0.29) is 18.4 Å². The molecule has 1 saturated carbocycles. The molecule has 5 rings (SSSR count). The predicted octanol–water partition coefficient (Wildman–Crippen LogP) is 8.26. The molecule has 2 aliphatic carbocycles.